The van der Waals surface area contributed by atoms with E-state index >= 15 is 0 Å². The van der Waals surface area contributed by atoms with E-state index in [1.807, 2.05) is 0 Å². The summed E-state index contributed by atoms with van der Waals surface area (Å²) in [5.41, 5.74) is 0.839. The van der Waals surface area contributed by atoms with Gasteiger partial charge in [-0.25, -0.2) is 4.98 Å². The van der Waals surface area contributed by atoms with E-state index in [1.165, 1.54) is 25.5 Å². The summed E-state index contributed by atoms with van der Waals surface area (Å²) in [6, 6.07) is 9.67. The summed E-state index contributed by atoms with van der Waals surface area (Å²) < 4.78 is 49.2. The molecule has 0 aliphatic carbocycles. The first kappa shape index (κ1) is 19.0. The first-order valence-corrected chi connectivity index (χ1v) is 8.17. The number of hydrogen-bond donors (Lipinski definition) is 0. The number of pyridine rings is 1. The van der Waals surface area contributed by atoms with Gasteiger partial charge in [0.25, 0.3) is 0 Å². The first-order chi connectivity index (χ1) is 12.8. The van der Waals surface area contributed by atoms with Crippen LogP contribution in [0.1, 0.15) is 11.3 Å². The Balaban J connectivity index is 1.96. The van der Waals surface area contributed by atoms with Crippen LogP contribution in [0.2, 0.25) is 5.15 Å². The summed E-state index contributed by atoms with van der Waals surface area (Å²) in [6.45, 7) is -0.726. The van der Waals surface area contributed by atoms with Gasteiger partial charge in [-0.2, -0.15) is 13.2 Å². The molecule has 9 heteroatoms. The summed E-state index contributed by atoms with van der Waals surface area (Å²) in [5.74, 6) is -1.20. The molecule has 3 aromatic rings. The number of aromatic nitrogens is 1. The fraction of sp³-hybridized carbons (Fsp3) is 0.222. The molecular weight excluding hydrogens is 385 g/mol. The lowest BCUT2D eigenvalue weighted by atomic mass is 10.1. The van der Waals surface area contributed by atoms with E-state index in [2.05, 4.69) is 4.98 Å². The molecule has 0 bridgehead atoms. The van der Waals surface area contributed by atoms with Crippen molar-refractivity contribution < 1.29 is 27.1 Å². The van der Waals surface area contributed by atoms with Crippen molar-refractivity contribution in [1.29, 1.82) is 0 Å². The highest BCUT2D eigenvalue weighted by atomic mass is 35.5. The van der Waals surface area contributed by atoms with E-state index in [4.69, 9.17) is 20.8 Å². The quantitative estimate of drug-likeness (QED) is 0.590. The lowest BCUT2D eigenvalue weighted by Crippen LogP contribution is -2.40. The highest BCUT2D eigenvalue weighted by Crippen LogP contribution is 2.27. The third kappa shape index (κ3) is 4.33. The third-order valence-electron chi connectivity index (χ3n) is 3.87. The number of furan rings is 1. The molecule has 0 aliphatic rings. The minimum absolute atomic E-state index is 0.0205. The molecule has 0 radical (unpaired) electrons. The average Bonchev–Trinajstić information content (AvgIpc) is 3.13. The minimum atomic E-state index is -5.02. The summed E-state index contributed by atoms with van der Waals surface area (Å²) in [4.78, 5) is 16.7. The van der Waals surface area contributed by atoms with Crippen LogP contribution in [-0.4, -0.2) is 29.1 Å². The summed E-state index contributed by atoms with van der Waals surface area (Å²) in [7, 11) is 1.50. The molecule has 1 aromatic carbocycles. The van der Waals surface area contributed by atoms with Gasteiger partial charge in [-0.15, -0.1) is 0 Å². The topological polar surface area (TPSA) is 55.6 Å². The first-order valence-electron chi connectivity index (χ1n) is 7.79. The molecule has 0 saturated heterocycles. The van der Waals surface area contributed by atoms with E-state index in [-0.39, 0.29) is 29.6 Å². The number of hydrogen-bond acceptors (Lipinski definition) is 4. The summed E-state index contributed by atoms with van der Waals surface area (Å²) >= 11 is 6.14. The summed E-state index contributed by atoms with van der Waals surface area (Å²) in [6.07, 6.45) is -3.70. The van der Waals surface area contributed by atoms with Crippen LogP contribution in [0.15, 0.2) is 47.1 Å². The van der Waals surface area contributed by atoms with Crippen molar-refractivity contribution in [2.45, 2.75) is 19.3 Å². The number of methoxy groups -OCH3 is 1. The van der Waals surface area contributed by atoms with Gasteiger partial charge >= 0.3 is 12.1 Å². The Morgan fingerprint density at radius 3 is 2.67 bits per heavy atom. The normalized spacial score (nSPS) is 11.6. The van der Waals surface area contributed by atoms with Crippen molar-refractivity contribution in [1.82, 2.24) is 9.88 Å². The number of halogens is 4. The molecular formula is C18H14ClF3N2O3. The zero-order chi connectivity index (χ0) is 19.6. The molecule has 1 amide bonds. The maximum Gasteiger partial charge on any atom is 0.471 e. The molecule has 142 valence electrons. The van der Waals surface area contributed by atoms with E-state index in [1.54, 1.807) is 24.3 Å². The van der Waals surface area contributed by atoms with Gasteiger partial charge in [-0.3, -0.25) is 4.79 Å². The van der Waals surface area contributed by atoms with Gasteiger partial charge in [-0.1, -0.05) is 11.6 Å². The number of carbonyl (C=O) groups excluding carboxylic acids is 1. The van der Waals surface area contributed by atoms with Gasteiger partial charge in [0.15, 0.2) is 0 Å². The number of fused-ring (bicyclic) bond motifs is 1. The Kier molecular flexibility index (Phi) is 5.27. The van der Waals surface area contributed by atoms with Crippen molar-refractivity contribution in [3.05, 3.63) is 59.1 Å². The zero-order valence-corrected chi connectivity index (χ0v) is 14.8. The second-order valence-corrected chi connectivity index (χ2v) is 6.09. The Labute approximate surface area is 157 Å². The summed E-state index contributed by atoms with van der Waals surface area (Å²) in [5, 5.41) is 0.651. The number of rotatable bonds is 5. The van der Waals surface area contributed by atoms with Crippen molar-refractivity contribution in [3.8, 4) is 5.75 Å². The number of nitrogens with zero attached hydrogens (tertiary/aromatic N) is 2. The Hall–Kier alpha value is -2.74. The van der Waals surface area contributed by atoms with Crippen LogP contribution in [0, 0.1) is 0 Å². The molecule has 27 heavy (non-hydrogen) atoms. The largest absolute Gasteiger partial charge is 0.497 e. The Bertz CT molecular complexity index is 958. The fourth-order valence-corrected chi connectivity index (χ4v) is 2.79. The van der Waals surface area contributed by atoms with Crippen molar-refractivity contribution in [2.24, 2.45) is 0 Å². The van der Waals surface area contributed by atoms with Crippen LogP contribution in [0.25, 0.3) is 10.9 Å². The number of carbonyl (C=O) groups is 1. The van der Waals surface area contributed by atoms with Crippen LogP contribution in [0.4, 0.5) is 13.2 Å². The van der Waals surface area contributed by atoms with E-state index in [9.17, 15) is 18.0 Å². The van der Waals surface area contributed by atoms with E-state index in [0.29, 0.717) is 21.6 Å². The Morgan fingerprint density at radius 2 is 2.04 bits per heavy atom. The number of amides is 1. The molecule has 0 N–H and O–H groups in total. The third-order valence-corrected chi connectivity index (χ3v) is 4.19. The fourth-order valence-electron chi connectivity index (χ4n) is 2.59. The molecule has 0 saturated carbocycles. The van der Waals surface area contributed by atoms with Gasteiger partial charge in [0.2, 0.25) is 0 Å². The molecule has 0 unspecified atom stereocenters. The number of ether oxygens (including phenoxy) is 1. The predicted molar refractivity (Wildman–Crippen MR) is 92.3 cm³/mol. The molecule has 2 aromatic heterocycles. The van der Waals surface area contributed by atoms with Crippen molar-refractivity contribution in [3.63, 3.8) is 0 Å². The smallest absolute Gasteiger partial charge is 0.471 e. The molecule has 5 nitrogen and oxygen atoms in total. The lowest BCUT2D eigenvalue weighted by Gasteiger charge is -2.23. The lowest BCUT2D eigenvalue weighted by molar-refractivity contribution is -0.187. The van der Waals surface area contributed by atoms with Crippen LogP contribution >= 0.6 is 11.6 Å². The van der Waals surface area contributed by atoms with Gasteiger partial charge in [0.05, 0.1) is 25.4 Å². The van der Waals surface area contributed by atoms with Crippen molar-refractivity contribution in [2.75, 3.05) is 7.11 Å². The maximum absolute atomic E-state index is 13.0. The highest BCUT2D eigenvalue weighted by molar-refractivity contribution is 6.30. The SMILES string of the molecule is COc1ccc2nc(Cl)c(CN(Cc3ccco3)C(=O)C(F)(F)F)cc2c1. The van der Waals surface area contributed by atoms with Gasteiger partial charge < -0.3 is 14.1 Å². The molecule has 0 fully saturated rings. The van der Waals surface area contributed by atoms with E-state index < -0.39 is 12.1 Å². The second kappa shape index (κ2) is 7.48. The van der Waals surface area contributed by atoms with Crippen LogP contribution < -0.4 is 4.74 Å². The average molecular weight is 399 g/mol. The molecule has 0 spiro atoms. The molecule has 3 rings (SSSR count). The minimum Gasteiger partial charge on any atom is -0.497 e. The second-order valence-electron chi connectivity index (χ2n) is 5.74. The molecule has 0 atom stereocenters. The predicted octanol–water partition coefficient (Wildman–Crippen LogP) is 4.58. The van der Waals surface area contributed by atoms with Crippen LogP contribution in [-0.2, 0) is 17.9 Å². The number of benzene rings is 1. The highest BCUT2D eigenvalue weighted by Gasteiger charge is 2.42. The Morgan fingerprint density at radius 1 is 1.26 bits per heavy atom. The van der Waals surface area contributed by atoms with Gasteiger partial charge in [0, 0.05) is 17.5 Å². The molecule has 0 aliphatic heterocycles. The number of alkyl halides is 3. The van der Waals surface area contributed by atoms with Gasteiger partial charge in [-0.05, 0) is 36.4 Å². The zero-order valence-electron chi connectivity index (χ0n) is 14.1. The standard InChI is InChI=1S/C18H14ClF3N2O3/c1-26-13-4-5-15-11(8-13)7-12(16(19)23-15)9-24(17(25)18(20,21)22)10-14-3-2-6-27-14/h2-8H,9-10H2,1H3. The molecule has 2 heterocycles. The van der Waals surface area contributed by atoms with Crippen LogP contribution in [0.3, 0.4) is 0 Å². The van der Waals surface area contributed by atoms with Gasteiger partial charge in [0.1, 0.15) is 16.7 Å². The maximum atomic E-state index is 13.0. The van der Waals surface area contributed by atoms with Crippen molar-refractivity contribution >= 4 is 28.4 Å². The van der Waals surface area contributed by atoms with E-state index in [0.717, 1.165) is 0 Å². The monoisotopic (exact) mass is 398 g/mol. The van der Waals surface area contributed by atoms with Crippen LogP contribution in [0.5, 0.6) is 5.75 Å².